The van der Waals surface area contributed by atoms with Gasteiger partial charge in [-0.2, -0.15) is 10.4 Å². The molecular formula is C27H25N7. The number of aliphatic imine (C=N–C) groups is 1. The van der Waals surface area contributed by atoms with Gasteiger partial charge in [-0.3, -0.25) is 14.9 Å². The molecule has 168 valence electrons. The molecule has 0 saturated carbocycles. The molecule has 1 aliphatic rings. The van der Waals surface area contributed by atoms with E-state index < -0.39 is 0 Å². The average Bonchev–Trinajstić information content (AvgIpc) is 3.28. The van der Waals surface area contributed by atoms with E-state index in [9.17, 15) is 5.26 Å². The minimum absolute atomic E-state index is 0.432. The van der Waals surface area contributed by atoms with Gasteiger partial charge in [-0.1, -0.05) is 36.4 Å². The van der Waals surface area contributed by atoms with E-state index in [2.05, 4.69) is 57.5 Å². The summed E-state index contributed by atoms with van der Waals surface area (Å²) in [5.41, 5.74) is 13.0. The van der Waals surface area contributed by atoms with Gasteiger partial charge in [-0.15, -0.1) is 0 Å². The lowest BCUT2D eigenvalue weighted by Crippen LogP contribution is -2.44. The Kier molecular flexibility index (Phi) is 5.90. The summed E-state index contributed by atoms with van der Waals surface area (Å²) in [5, 5.41) is 14.0. The number of allylic oxidation sites excluding steroid dienone is 1. The minimum Gasteiger partial charge on any atom is -0.404 e. The second-order valence-corrected chi connectivity index (χ2v) is 8.46. The lowest BCUT2D eigenvalue weighted by atomic mass is 9.94. The molecule has 1 aliphatic heterocycles. The third kappa shape index (κ3) is 4.07. The van der Waals surface area contributed by atoms with Crippen molar-refractivity contribution >= 4 is 17.3 Å². The highest BCUT2D eigenvalue weighted by atomic mass is 15.2. The van der Waals surface area contributed by atoms with Crippen molar-refractivity contribution in [1.29, 1.82) is 5.26 Å². The van der Waals surface area contributed by atoms with E-state index in [1.54, 1.807) is 24.0 Å². The average molecular weight is 448 g/mol. The predicted octanol–water partition coefficient (Wildman–Crippen LogP) is 3.87. The van der Waals surface area contributed by atoms with Crippen LogP contribution in [0.3, 0.4) is 0 Å². The normalized spacial score (nSPS) is 15.0. The van der Waals surface area contributed by atoms with Crippen molar-refractivity contribution < 1.29 is 0 Å². The summed E-state index contributed by atoms with van der Waals surface area (Å²) in [6.45, 7) is 2.97. The number of nitrogens with two attached hydrogens (primary N) is 1. The van der Waals surface area contributed by atoms with Crippen molar-refractivity contribution in [2.45, 2.75) is 12.5 Å². The van der Waals surface area contributed by atoms with Crippen molar-refractivity contribution in [2.75, 3.05) is 20.1 Å². The summed E-state index contributed by atoms with van der Waals surface area (Å²) in [4.78, 5) is 11.3. The number of fused-ring (bicyclic) bond motifs is 1. The quantitative estimate of drug-likeness (QED) is 0.453. The molecular weight excluding hydrogens is 422 g/mol. The fraction of sp³-hybridized carbons (Fsp3) is 0.185. The Bertz CT molecular complexity index is 1400. The van der Waals surface area contributed by atoms with Crippen molar-refractivity contribution in [3.63, 3.8) is 0 Å². The van der Waals surface area contributed by atoms with Gasteiger partial charge in [0.1, 0.15) is 6.07 Å². The van der Waals surface area contributed by atoms with Gasteiger partial charge >= 0.3 is 0 Å². The van der Waals surface area contributed by atoms with Crippen LogP contribution in [0.2, 0.25) is 0 Å². The van der Waals surface area contributed by atoms with Crippen molar-refractivity contribution in [3.05, 3.63) is 95.7 Å². The Morgan fingerprint density at radius 3 is 2.71 bits per heavy atom. The topological polar surface area (TPSA) is 95.6 Å². The molecule has 0 atom stereocenters. The zero-order valence-corrected chi connectivity index (χ0v) is 19.0. The number of hydrogen-bond acceptors (Lipinski definition) is 6. The first-order valence-corrected chi connectivity index (χ1v) is 11.2. The zero-order valence-electron chi connectivity index (χ0n) is 19.0. The van der Waals surface area contributed by atoms with Gasteiger partial charge < -0.3 is 5.73 Å². The molecule has 4 aromatic rings. The first-order chi connectivity index (χ1) is 16.7. The highest BCUT2D eigenvalue weighted by Crippen LogP contribution is 2.32. The Hall–Kier alpha value is -4.28. The number of hydrogen-bond donors (Lipinski definition) is 1. The maximum absolute atomic E-state index is 9.62. The van der Waals surface area contributed by atoms with Gasteiger partial charge in [0.2, 0.25) is 0 Å². The van der Waals surface area contributed by atoms with E-state index in [0.29, 0.717) is 11.5 Å². The fourth-order valence-corrected chi connectivity index (χ4v) is 4.47. The summed E-state index contributed by atoms with van der Waals surface area (Å²) in [6.07, 6.45) is 8.56. The van der Waals surface area contributed by atoms with E-state index >= 15 is 0 Å². The summed E-state index contributed by atoms with van der Waals surface area (Å²) >= 11 is 0. The Morgan fingerprint density at radius 2 is 2.03 bits per heavy atom. The smallest absolute Gasteiger partial charge is 0.103 e. The van der Waals surface area contributed by atoms with Gasteiger partial charge in [0.15, 0.2) is 0 Å². The molecule has 34 heavy (non-hydrogen) atoms. The number of aromatic nitrogens is 3. The van der Waals surface area contributed by atoms with Crippen molar-refractivity contribution in [2.24, 2.45) is 10.7 Å². The molecule has 0 unspecified atom stereocenters. The van der Waals surface area contributed by atoms with Crippen LogP contribution >= 0.6 is 0 Å². The van der Waals surface area contributed by atoms with Crippen molar-refractivity contribution in [3.8, 4) is 17.2 Å². The van der Waals surface area contributed by atoms with E-state index in [4.69, 9.17) is 10.7 Å². The molecule has 7 heteroatoms. The zero-order chi connectivity index (χ0) is 23.5. The van der Waals surface area contributed by atoms with E-state index in [0.717, 1.165) is 53.1 Å². The second-order valence-electron chi connectivity index (χ2n) is 8.46. The third-order valence-electron chi connectivity index (χ3n) is 6.24. The number of rotatable bonds is 6. The van der Waals surface area contributed by atoms with E-state index in [-0.39, 0.29) is 0 Å². The summed E-state index contributed by atoms with van der Waals surface area (Å²) in [7, 11) is 1.70. The number of nitrogens with zero attached hydrogens (tertiary/aromatic N) is 6. The van der Waals surface area contributed by atoms with E-state index in [1.807, 2.05) is 24.5 Å². The van der Waals surface area contributed by atoms with Crippen LogP contribution in [-0.4, -0.2) is 45.8 Å². The van der Waals surface area contributed by atoms with Gasteiger partial charge in [0, 0.05) is 85.4 Å². The standard InChI is InChI=1S/C27H25N7/c1-30-12-22(10-28)21-9-25(27-23(11-29)14-32-34(27)18-21)20-7-8-26(31-13-20)24-16-33(17-24)15-19-5-3-2-4-6-19/h2-10,12-14,18,24H,15-17,28H2,1H3. The number of pyridine rings is 2. The molecule has 1 saturated heterocycles. The molecule has 0 spiro atoms. The number of nitriles is 1. The molecule has 5 rings (SSSR count). The van der Waals surface area contributed by atoms with Crippen LogP contribution in [0, 0.1) is 11.3 Å². The SMILES string of the molecule is CN=CC(=CN)c1cc(-c2ccc(C3CN(Cc4ccccc4)C3)nc2)c2c(C#N)cnn2c1. The monoisotopic (exact) mass is 447 g/mol. The van der Waals surface area contributed by atoms with Gasteiger partial charge in [-0.05, 0) is 17.7 Å². The lowest BCUT2D eigenvalue weighted by molar-refractivity contribution is 0.137. The molecule has 0 aliphatic carbocycles. The molecule has 1 fully saturated rings. The predicted molar refractivity (Wildman–Crippen MR) is 134 cm³/mol. The van der Waals surface area contributed by atoms with Crippen LogP contribution < -0.4 is 5.73 Å². The third-order valence-corrected chi connectivity index (χ3v) is 6.24. The van der Waals surface area contributed by atoms with Gasteiger partial charge in [0.25, 0.3) is 0 Å². The van der Waals surface area contributed by atoms with Gasteiger partial charge in [-0.25, -0.2) is 4.52 Å². The molecule has 2 N–H and O–H groups in total. The first kappa shape index (κ1) is 21.6. The molecule has 0 radical (unpaired) electrons. The molecule has 3 aromatic heterocycles. The van der Waals surface area contributed by atoms with Crippen LogP contribution in [0.25, 0.3) is 22.2 Å². The van der Waals surface area contributed by atoms with Gasteiger partial charge in [0.05, 0.1) is 17.3 Å². The lowest BCUT2D eigenvalue weighted by Gasteiger charge is -2.39. The summed E-state index contributed by atoms with van der Waals surface area (Å²) in [6, 6.07) is 19.0. The highest BCUT2D eigenvalue weighted by molar-refractivity contribution is 6.10. The van der Waals surface area contributed by atoms with Crippen LogP contribution in [0.5, 0.6) is 0 Å². The molecule has 4 heterocycles. The Morgan fingerprint density at radius 1 is 1.21 bits per heavy atom. The van der Waals surface area contributed by atoms with Crippen molar-refractivity contribution in [1.82, 2.24) is 19.5 Å². The molecule has 1 aromatic carbocycles. The van der Waals surface area contributed by atoms with Crippen LogP contribution in [-0.2, 0) is 6.54 Å². The summed E-state index contributed by atoms with van der Waals surface area (Å²) in [5.74, 6) is 0.432. The van der Waals surface area contributed by atoms with E-state index in [1.165, 1.54) is 11.8 Å². The maximum Gasteiger partial charge on any atom is 0.103 e. The Balaban J connectivity index is 1.42. The minimum atomic E-state index is 0.432. The van der Waals surface area contributed by atoms with Crippen LogP contribution in [0.15, 0.2) is 78.3 Å². The largest absolute Gasteiger partial charge is 0.404 e. The summed E-state index contributed by atoms with van der Waals surface area (Å²) < 4.78 is 1.72. The second kappa shape index (κ2) is 9.30. The maximum atomic E-state index is 9.62. The van der Waals surface area contributed by atoms with Crippen LogP contribution in [0.4, 0.5) is 0 Å². The Labute approximate surface area is 198 Å². The fourth-order valence-electron chi connectivity index (χ4n) is 4.47. The molecule has 0 bridgehead atoms. The number of benzene rings is 1. The highest BCUT2D eigenvalue weighted by Gasteiger charge is 2.29. The number of likely N-dealkylation sites (tertiary alicyclic amines) is 1. The molecule has 0 amide bonds. The van der Waals surface area contributed by atoms with Crippen LogP contribution in [0.1, 0.15) is 28.3 Å². The first-order valence-electron chi connectivity index (χ1n) is 11.2. The molecule has 7 nitrogen and oxygen atoms in total.